The first-order valence-corrected chi connectivity index (χ1v) is 12.1. The van der Waals surface area contributed by atoms with Gasteiger partial charge in [0.25, 0.3) is 0 Å². The Labute approximate surface area is 199 Å². The molecule has 0 atom stereocenters. The van der Waals surface area contributed by atoms with E-state index in [4.69, 9.17) is 0 Å². The first kappa shape index (κ1) is 26.9. The molecular weight excluding hydrogens is 414 g/mol. The molecule has 1 fully saturated rings. The van der Waals surface area contributed by atoms with Crippen molar-refractivity contribution in [1.29, 1.82) is 0 Å². The Bertz CT molecular complexity index is 831. The van der Waals surface area contributed by atoms with Crippen molar-refractivity contribution in [2.75, 3.05) is 16.0 Å². The SMILES string of the molecule is CC(C)(C)C(=O)Nc1cc(NC(=O)C(C)(C)C)cc(NC(=O)[C@H]2CC[C@@H](C(C)(C)C)CC2)c1. The van der Waals surface area contributed by atoms with Crippen molar-refractivity contribution in [3.05, 3.63) is 18.2 Å². The van der Waals surface area contributed by atoms with Gasteiger partial charge in [-0.1, -0.05) is 62.3 Å². The van der Waals surface area contributed by atoms with Crippen LogP contribution >= 0.6 is 0 Å². The van der Waals surface area contributed by atoms with E-state index < -0.39 is 10.8 Å². The van der Waals surface area contributed by atoms with Crippen LogP contribution in [0.15, 0.2) is 18.2 Å². The van der Waals surface area contributed by atoms with E-state index in [1.165, 1.54) is 0 Å². The molecule has 0 heterocycles. The molecule has 0 saturated heterocycles. The van der Waals surface area contributed by atoms with Crippen molar-refractivity contribution in [1.82, 2.24) is 0 Å². The number of nitrogens with one attached hydrogen (secondary N) is 3. The van der Waals surface area contributed by atoms with Crippen molar-refractivity contribution in [3.8, 4) is 0 Å². The lowest BCUT2D eigenvalue weighted by Crippen LogP contribution is -2.31. The second-order valence-corrected chi connectivity index (χ2v) is 12.6. The maximum Gasteiger partial charge on any atom is 0.229 e. The largest absolute Gasteiger partial charge is 0.326 e. The van der Waals surface area contributed by atoms with Gasteiger partial charge in [-0.05, 0) is 55.2 Å². The van der Waals surface area contributed by atoms with E-state index in [1.807, 2.05) is 41.5 Å². The number of hydrogen-bond acceptors (Lipinski definition) is 3. The molecule has 1 aliphatic rings. The molecule has 1 aliphatic carbocycles. The van der Waals surface area contributed by atoms with Crippen molar-refractivity contribution < 1.29 is 14.4 Å². The van der Waals surface area contributed by atoms with Gasteiger partial charge >= 0.3 is 0 Å². The predicted molar refractivity (Wildman–Crippen MR) is 136 cm³/mol. The Hall–Kier alpha value is -2.37. The first-order valence-electron chi connectivity index (χ1n) is 12.1. The zero-order valence-corrected chi connectivity index (χ0v) is 21.9. The minimum atomic E-state index is -0.570. The third-order valence-corrected chi connectivity index (χ3v) is 6.40. The highest BCUT2D eigenvalue weighted by atomic mass is 16.2. The van der Waals surface area contributed by atoms with Gasteiger partial charge in [-0.3, -0.25) is 14.4 Å². The smallest absolute Gasteiger partial charge is 0.229 e. The predicted octanol–water partition coefficient (Wildman–Crippen LogP) is 6.45. The van der Waals surface area contributed by atoms with Crippen LogP contribution in [0, 0.1) is 28.1 Å². The van der Waals surface area contributed by atoms with Gasteiger partial charge in [0, 0.05) is 33.8 Å². The monoisotopic (exact) mass is 457 g/mol. The van der Waals surface area contributed by atoms with Gasteiger partial charge in [-0.2, -0.15) is 0 Å². The van der Waals surface area contributed by atoms with Crippen molar-refractivity contribution in [3.63, 3.8) is 0 Å². The topological polar surface area (TPSA) is 87.3 Å². The summed E-state index contributed by atoms with van der Waals surface area (Å²) in [6, 6.07) is 5.21. The molecular formula is C27H43N3O3. The average Bonchev–Trinajstić information content (AvgIpc) is 2.65. The molecule has 6 nitrogen and oxygen atoms in total. The Balaban J connectivity index is 2.21. The summed E-state index contributed by atoms with van der Waals surface area (Å²) in [5.74, 6) is 0.328. The highest BCUT2D eigenvalue weighted by Crippen LogP contribution is 2.40. The molecule has 0 spiro atoms. The normalized spacial score (nSPS) is 19.5. The number of anilines is 3. The van der Waals surface area contributed by atoms with E-state index in [2.05, 4.69) is 36.7 Å². The number of hydrogen-bond donors (Lipinski definition) is 3. The quantitative estimate of drug-likeness (QED) is 0.486. The molecule has 3 amide bonds. The fourth-order valence-corrected chi connectivity index (χ4v) is 3.95. The Morgan fingerprint density at radius 3 is 1.33 bits per heavy atom. The maximum atomic E-state index is 13.0. The van der Waals surface area contributed by atoms with Gasteiger partial charge in [-0.25, -0.2) is 0 Å². The summed E-state index contributed by atoms with van der Waals surface area (Å²) in [6.07, 6.45) is 3.86. The fraction of sp³-hybridized carbons (Fsp3) is 0.667. The van der Waals surface area contributed by atoms with Crippen LogP contribution in [0.2, 0.25) is 0 Å². The summed E-state index contributed by atoms with van der Waals surface area (Å²) in [6.45, 7) is 17.8. The van der Waals surface area contributed by atoms with E-state index in [0.717, 1.165) is 25.7 Å². The maximum absolute atomic E-state index is 13.0. The van der Waals surface area contributed by atoms with Gasteiger partial charge < -0.3 is 16.0 Å². The lowest BCUT2D eigenvalue weighted by molar-refractivity contribution is -0.123. The molecule has 33 heavy (non-hydrogen) atoms. The molecule has 0 aromatic heterocycles. The van der Waals surface area contributed by atoms with Gasteiger partial charge in [0.05, 0.1) is 0 Å². The van der Waals surface area contributed by atoms with Crippen LogP contribution in [0.4, 0.5) is 17.1 Å². The lowest BCUT2D eigenvalue weighted by Gasteiger charge is -2.36. The molecule has 1 aromatic carbocycles. The van der Waals surface area contributed by atoms with Gasteiger partial charge in [0.2, 0.25) is 17.7 Å². The van der Waals surface area contributed by atoms with Crippen molar-refractivity contribution >= 4 is 34.8 Å². The Morgan fingerprint density at radius 1 is 0.636 bits per heavy atom. The van der Waals surface area contributed by atoms with E-state index in [0.29, 0.717) is 23.0 Å². The number of amides is 3. The summed E-state index contributed by atoms with van der Waals surface area (Å²) < 4.78 is 0. The first-order chi connectivity index (χ1) is 15.0. The van der Waals surface area contributed by atoms with Crippen molar-refractivity contribution in [2.45, 2.75) is 88.0 Å². The highest BCUT2D eigenvalue weighted by molar-refractivity contribution is 6.00. The van der Waals surface area contributed by atoms with Crippen LogP contribution in [0.5, 0.6) is 0 Å². The number of carbonyl (C=O) groups excluding carboxylic acids is 3. The van der Waals surface area contributed by atoms with Crippen LogP contribution in [0.25, 0.3) is 0 Å². The molecule has 6 heteroatoms. The van der Waals surface area contributed by atoms with Gasteiger partial charge in [0.1, 0.15) is 0 Å². The molecule has 2 rings (SSSR count). The van der Waals surface area contributed by atoms with Crippen LogP contribution in [0.3, 0.4) is 0 Å². The van der Waals surface area contributed by atoms with Crippen LogP contribution < -0.4 is 16.0 Å². The zero-order chi connectivity index (χ0) is 25.2. The zero-order valence-electron chi connectivity index (χ0n) is 21.9. The molecule has 1 aromatic rings. The summed E-state index contributed by atoms with van der Waals surface area (Å²) in [5.41, 5.74) is 0.761. The van der Waals surface area contributed by atoms with E-state index >= 15 is 0 Å². The van der Waals surface area contributed by atoms with E-state index in [9.17, 15) is 14.4 Å². The molecule has 3 N–H and O–H groups in total. The van der Waals surface area contributed by atoms with Crippen molar-refractivity contribution in [2.24, 2.45) is 28.1 Å². The lowest BCUT2D eigenvalue weighted by atomic mass is 9.69. The standard InChI is InChI=1S/C27H43N3O3/c1-25(2,3)18-12-10-17(11-13-18)22(31)28-19-14-20(29-23(32)26(4,5)6)16-21(15-19)30-24(33)27(7,8)9/h14-18H,10-13H2,1-9H3,(H,28,31)(H,29,32)(H,30,33)/t17-,18+. The highest BCUT2D eigenvalue weighted by Gasteiger charge is 2.32. The molecule has 184 valence electrons. The minimum Gasteiger partial charge on any atom is -0.326 e. The van der Waals surface area contributed by atoms with Gasteiger partial charge in [-0.15, -0.1) is 0 Å². The third kappa shape index (κ3) is 7.86. The second-order valence-electron chi connectivity index (χ2n) is 12.6. The summed E-state index contributed by atoms with van der Waals surface area (Å²) in [4.78, 5) is 38.1. The van der Waals surface area contributed by atoms with E-state index in [-0.39, 0.29) is 29.1 Å². The fourth-order valence-electron chi connectivity index (χ4n) is 3.95. The second kappa shape index (κ2) is 9.86. The Kier molecular flexibility index (Phi) is 8.03. The number of rotatable bonds is 4. The Morgan fingerprint density at radius 2 is 1.00 bits per heavy atom. The average molecular weight is 458 g/mol. The third-order valence-electron chi connectivity index (χ3n) is 6.40. The van der Waals surface area contributed by atoms with Crippen LogP contribution in [0.1, 0.15) is 88.0 Å². The number of benzene rings is 1. The molecule has 1 saturated carbocycles. The molecule has 0 aliphatic heterocycles. The van der Waals surface area contributed by atoms with Gasteiger partial charge in [0.15, 0.2) is 0 Å². The molecule has 0 unspecified atom stereocenters. The van der Waals surface area contributed by atoms with Crippen LogP contribution in [-0.2, 0) is 14.4 Å². The molecule has 0 radical (unpaired) electrons. The molecule has 0 bridgehead atoms. The van der Waals surface area contributed by atoms with Crippen LogP contribution in [-0.4, -0.2) is 17.7 Å². The van der Waals surface area contributed by atoms with E-state index in [1.54, 1.807) is 18.2 Å². The summed E-state index contributed by atoms with van der Waals surface area (Å²) in [5, 5.41) is 8.85. The summed E-state index contributed by atoms with van der Waals surface area (Å²) in [7, 11) is 0. The minimum absolute atomic E-state index is 0.00486. The number of carbonyl (C=O) groups is 3. The summed E-state index contributed by atoms with van der Waals surface area (Å²) >= 11 is 0.